The maximum absolute atomic E-state index is 11.6. The number of benzene rings is 3. The number of fused-ring (bicyclic) bond motifs is 3. The Bertz CT molecular complexity index is 987. The molecule has 1 aliphatic carbocycles. The monoisotopic (exact) mass is 344 g/mol. The molecule has 2 heteroatoms. The first kappa shape index (κ1) is 16.8. The number of rotatable bonds is 3. The molecule has 0 bridgehead atoms. The van der Waals surface area contributed by atoms with Gasteiger partial charge in [-0.15, -0.1) is 0 Å². The summed E-state index contributed by atoms with van der Waals surface area (Å²) in [6.45, 7) is 4.24. The molecule has 1 N–H and O–H groups in total. The van der Waals surface area contributed by atoms with E-state index in [4.69, 9.17) is 0 Å². The quantitative estimate of drug-likeness (QED) is 0.657. The highest BCUT2D eigenvalue weighted by atomic mass is 16.4. The standard InChI is InChI=1S/C24H24O2/c1-15-5-3-7-17(13-15)19-10-12-21-20-8-4-6-16(2)18(20)9-11-22(21)23(19)14-24(25)26/h3-9,11,13,19,23H,10,12,14H2,1-2H3,(H,25,26). The molecule has 3 aromatic carbocycles. The van der Waals surface area contributed by atoms with Gasteiger partial charge in [-0.3, -0.25) is 4.79 Å². The number of carbonyl (C=O) groups is 1. The molecule has 0 spiro atoms. The predicted molar refractivity (Wildman–Crippen MR) is 106 cm³/mol. The van der Waals surface area contributed by atoms with Crippen LogP contribution < -0.4 is 0 Å². The van der Waals surface area contributed by atoms with Gasteiger partial charge < -0.3 is 5.11 Å². The van der Waals surface area contributed by atoms with Crippen molar-refractivity contribution in [1.29, 1.82) is 0 Å². The van der Waals surface area contributed by atoms with Crippen LogP contribution in [-0.2, 0) is 11.2 Å². The molecule has 0 fully saturated rings. The van der Waals surface area contributed by atoms with E-state index in [9.17, 15) is 9.90 Å². The molecule has 2 nitrogen and oxygen atoms in total. The van der Waals surface area contributed by atoms with E-state index in [1.165, 1.54) is 38.6 Å². The molecule has 2 unspecified atom stereocenters. The molecular weight excluding hydrogens is 320 g/mol. The van der Waals surface area contributed by atoms with Crippen LogP contribution in [-0.4, -0.2) is 11.1 Å². The van der Waals surface area contributed by atoms with Crippen LogP contribution in [0, 0.1) is 13.8 Å². The molecule has 3 aromatic rings. The average molecular weight is 344 g/mol. The zero-order chi connectivity index (χ0) is 18.3. The van der Waals surface area contributed by atoms with E-state index in [1.807, 2.05) is 0 Å². The van der Waals surface area contributed by atoms with Crippen LogP contribution in [0.3, 0.4) is 0 Å². The first-order valence-corrected chi connectivity index (χ1v) is 9.34. The van der Waals surface area contributed by atoms with Crippen LogP contribution in [0.25, 0.3) is 10.8 Å². The second kappa shape index (κ2) is 6.60. The van der Waals surface area contributed by atoms with Crippen LogP contribution in [0.5, 0.6) is 0 Å². The van der Waals surface area contributed by atoms with Crippen molar-refractivity contribution < 1.29 is 9.90 Å². The van der Waals surface area contributed by atoms with E-state index in [2.05, 4.69) is 68.4 Å². The Hall–Kier alpha value is -2.61. The van der Waals surface area contributed by atoms with Gasteiger partial charge in [0.25, 0.3) is 0 Å². The highest BCUT2D eigenvalue weighted by Crippen LogP contribution is 2.46. The van der Waals surface area contributed by atoms with Gasteiger partial charge in [0.15, 0.2) is 0 Å². The first-order valence-electron chi connectivity index (χ1n) is 9.34. The SMILES string of the molecule is Cc1cccc(C2CCc3c(ccc4c(C)cccc34)C2CC(=O)O)c1. The maximum atomic E-state index is 11.6. The first-order chi connectivity index (χ1) is 12.5. The number of carboxylic acid groups (broad SMARTS) is 1. The average Bonchev–Trinajstić information content (AvgIpc) is 2.61. The Morgan fingerprint density at radius 1 is 1.04 bits per heavy atom. The molecule has 0 amide bonds. The Labute approximate surface area is 154 Å². The van der Waals surface area contributed by atoms with Crippen molar-refractivity contribution in [3.63, 3.8) is 0 Å². The summed E-state index contributed by atoms with van der Waals surface area (Å²) in [5.41, 5.74) is 6.35. The lowest BCUT2D eigenvalue weighted by Gasteiger charge is -2.34. The van der Waals surface area contributed by atoms with Crippen LogP contribution in [0.2, 0.25) is 0 Å². The third-order valence-corrected chi connectivity index (χ3v) is 5.88. The van der Waals surface area contributed by atoms with E-state index in [-0.39, 0.29) is 18.3 Å². The summed E-state index contributed by atoms with van der Waals surface area (Å²) in [6, 6.07) is 19.4. The smallest absolute Gasteiger partial charge is 0.303 e. The van der Waals surface area contributed by atoms with Gasteiger partial charge in [-0.05, 0) is 65.6 Å². The third-order valence-electron chi connectivity index (χ3n) is 5.88. The molecule has 0 saturated heterocycles. The molecule has 26 heavy (non-hydrogen) atoms. The molecule has 4 rings (SSSR count). The topological polar surface area (TPSA) is 37.3 Å². The minimum Gasteiger partial charge on any atom is -0.481 e. The van der Waals surface area contributed by atoms with Crippen molar-refractivity contribution in [2.45, 2.75) is 44.9 Å². The summed E-state index contributed by atoms with van der Waals surface area (Å²) >= 11 is 0. The lowest BCUT2D eigenvalue weighted by atomic mass is 9.69. The molecule has 0 aliphatic heterocycles. The minimum absolute atomic E-state index is 0.0305. The summed E-state index contributed by atoms with van der Waals surface area (Å²) in [4.78, 5) is 11.6. The molecule has 1 aliphatic rings. The van der Waals surface area contributed by atoms with Gasteiger partial charge in [0.05, 0.1) is 6.42 Å². The van der Waals surface area contributed by atoms with E-state index < -0.39 is 5.97 Å². The van der Waals surface area contributed by atoms with Crippen LogP contribution in [0.1, 0.15) is 52.5 Å². The summed E-state index contributed by atoms with van der Waals surface area (Å²) < 4.78 is 0. The number of hydrogen-bond donors (Lipinski definition) is 1. The lowest BCUT2D eigenvalue weighted by Crippen LogP contribution is -2.22. The molecule has 2 atom stereocenters. The molecule has 0 saturated carbocycles. The molecule has 0 radical (unpaired) electrons. The summed E-state index contributed by atoms with van der Waals surface area (Å²) in [6.07, 6.45) is 2.19. The zero-order valence-electron chi connectivity index (χ0n) is 15.3. The van der Waals surface area contributed by atoms with Crippen molar-refractivity contribution in [3.05, 3.63) is 82.4 Å². The second-order valence-corrected chi connectivity index (χ2v) is 7.57. The molecule has 132 valence electrons. The Morgan fingerprint density at radius 2 is 1.85 bits per heavy atom. The highest BCUT2D eigenvalue weighted by Gasteiger charge is 2.33. The van der Waals surface area contributed by atoms with Gasteiger partial charge in [0.1, 0.15) is 0 Å². The van der Waals surface area contributed by atoms with E-state index in [0.29, 0.717) is 0 Å². The van der Waals surface area contributed by atoms with Crippen molar-refractivity contribution in [2.75, 3.05) is 0 Å². The van der Waals surface area contributed by atoms with Crippen LogP contribution >= 0.6 is 0 Å². The fraction of sp³-hybridized carbons (Fsp3) is 0.292. The van der Waals surface area contributed by atoms with Crippen LogP contribution in [0.15, 0.2) is 54.6 Å². The van der Waals surface area contributed by atoms with Gasteiger partial charge in [-0.25, -0.2) is 0 Å². The summed E-state index contributed by atoms with van der Waals surface area (Å²) in [7, 11) is 0. The molecule has 0 aromatic heterocycles. The Kier molecular flexibility index (Phi) is 4.28. The highest BCUT2D eigenvalue weighted by molar-refractivity contribution is 5.90. The van der Waals surface area contributed by atoms with Gasteiger partial charge in [-0.2, -0.15) is 0 Å². The van der Waals surface area contributed by atoms with Gasteiger partial charge in [0.2, 0.25) is 0 Å². The van der Waals surface area contributed by atoms with Gasteiger partial charge in [-0.1, -0.05) is 60.2 Å². The second-order valence-electron chi connectivity index (χ2n) is 7.57. The van der Waals surface area contributed by atoms with Crippen molar-refractivity contribution in [1.82, 2.24) is 0 Å². The molecular formula is C24H24O2. The summed E-state index contributed by atoms with van der Waals surface area (Å²) in [5, 5.41) is 12.1. The van der Waals surface area contributed by atoms with Crippen molar-refractivity contribution >= 4 is 16.7 Å². The normalized spacial score (nSPS) is 19.3. The van der Waals surface area contributed by atoms with E-state index in [0.717, 1.165) is 12.8 Å². The van der Waals surface area contributed by atoms with Crippen molar-refractivity contribution in [2.24, 2.45) is 0 Å². The lowest BCUT2D eigenvalue weighted by molar-refractivity contribution is -0.137. The zero-order valence-corrected chi connectivity index (χ0v) is 15.3. The molecule has 0 heterocycles. The number of hydrogen-bond acceptors (Lipinski definition) is 1. The summed E-state index contributed by atoms with van der Waals surface area (Å²) in [5.74, 6) is -0.423. The maximum Gasteiger partial charge on any atom is 0.303 e. The van der Waals surface area contributed by atoms with Gasteiger partial charge >= 0.3 is 5.97 Å². The fourth-order valence-electron chi connectivity index (χ4n) is 4.68. The fourth-order valence-corrected chi connectivity index (χ4v) is 4.68. The number of carboxylic acids is 1. The Morgan fingerprint density at radius 3 is 2.62 bits per heavy atom. The predicted octanol–water partition coefficient (Wildman–Crippen LogP) is 5.74. The van der Waals surface area contributed by atoms with E-state index >= 15 is 0 Å². The van der Waals surface area contributed by atoms with Crippen molar-refractivity contribution in [3.8, 4) is 0 Å². The van der Waals surface area contributed by atoms with E-state index in [1.54, 1.807) is 0 Å². The van der Waals surface area contributed by atoms with Crippen LogP contribution in [0.4, 0.5) is 0 Å². The van der Waals surface area contributed by atoms with Gasteiger partial charge in [0, 0.05) is 5.92 Å². The number of aliphatic carboxylic acids is 1. The largest absolute Gasteiger partial charge is 0.481 e. The minimum atomic E-state index is -0.718. The number of aryl methyl sites for hydroxylation is 3. The Balaban J connectivity index is 1.86. The third kappa shape index (κ3) is 2.90.